The normalized spacial score (nSPS) is 36.4. The molecule has 0 radical (unpaired) electrons. The van der Waals surface area contributed by atoms with E-state index in [-0.39, 0.29) is 26.2 Å². The van der Waals surface area contributed by atoms with E-state index >= 15 is 0 Å². The second-order valence-corrected chi connectivity index (χ2v) is 15.5. The molecule has 3 aliphatic heterocycles. The molecule has 5 aliphatic rings. The van der Waals surface area contributed by atoms with E-state index in [9.17, 15) is 20.2 Å². The van der Waals surface area contributed by atoms with Crippen molar-refractivity contribution in [3.05, 3.63) is 82.2 Å². The Morgan fingerprint density at radius 2 is 1.34 bits per heavy atom. The van der Waals surface area contributed by atoms with Gasteiger partial charge < -0.3 is 63.1 Å². The molecule has 316 valence electrons. The number of azide groups is 1. The largest absolute Gasteiger partial charge is 0.445 e. The Morgan fingerprint density at radius 3 is 1.91 bits per heavy atom. The van der Waals surface area contributed by atoms with Crippen LogP contribution in [0.4, 0.5) is 9.59 Å². The van der Waals surface area contributed by atoms with Crippen LogP contribution >= 0.6 is 0 Å². The van der Waals surface area contributed by atoms with Crippen LogP contribution in [-0.2, 0) is 60.6 Å². The van der Waals surface area contributed by atoms with Crippen LogP contribution in [0.15, 0.2) is 65.8 Å². The number of fused-ring (bicyclic) bond motifs is 2. The number of nitrogens with one attached hydrogen (secondary N) is 2. The molecule has 0 aromatic heterocycles. The van der Waals surface area contributed by atoms with Crippen LogP contribution in [0.25, 0.3) is 10.4 Å². The minimum Gasteiger partial charge on any atom is -0.445 e. The molecule has 3 heterocycles. The van der Waals surface area contributed by atoms with Crippen molar-refractivity contribution >= 4 is 12.2 Å². The molecule has 12 atom stereocenters. The fourth-order valence-electron chi connectivity index (χ4n) is 8.51. The lowest BCUT2D eigenvalue weighted by atomic mass is 9.83. The van der Waals surface area contributed by atoms with E-state index in [4.69, 9.17) is 47.4 Å². The Hall–Kier alpha value is -4.07. The number of aliphatic hydroxyl groups excluding tert-OH is 1. The van der Waals surface area contributed by atoms with Crippen molar-refractivity contribution in [2.75, 3.05) is 20.8 Å². The molecule has 18 nitrogen and oxygen atoms in total. The van der Waals surface area contributed by atoms with Crippen LogP contribution < -0.4 is 10.6 Å². The van der Waals surface area contributed by atoms with Crippen molar-refractivity contribution in [2.24, 2.45) is 5.11 Å². The number of hydrogen-bond donors (Lipinski definition) is 3. The van der Waals surface area contributed by atoms with Crippen LogP contribution in [0, 0.1) is 0 Å². The molecular formula is C40H53N5O13. The van der Waals surface area contributed by atoms with Gasteiger partial charge in [0.05, 0.1) is 24.7 Å². The topological polar surface area (TPSA) is 219 Å². The van der Waals surface area contributed by atoms with E-state index in [0.717, 1.165) is 30.4 Å². The fourth-order valence-corrected chi connectivity index (χ4v) is 8.51. The number of ether oxygens (including phenoxy) is 10. The summed E-state index contributed by atoms with van der Waals surface area (Å²) in [4.78, 5) is 29.8. The summed E-state index contributed by atoms with van der Waals surface area (Å²) in [5.41, 5.74) is 10.9. The number of methoxy groups -OCH3 is 2. The highest BCUT2D eigenvalue weighted by atomic mass is 16.8. The smallest absolute Gasteiger partial charge is 0.407 e. The first-order valence-corrected chi connectivity index (χ1v) is 19.7. The van der Waals surface area contributed by atoms with Gasteiger partial charge in [0.15, 0.2) is 12.1 Å². The fraction of sp³-hybridized carbons (Fsp3) is 0.650. The van der Waals surface area contributed by atoms with Gasteiger partial charge in [-0.25, -0.2) is 9.59 Å². The second-order valence-electron chi connectivity index (χ2n) is 15.5. The SMILES string of the molecule is CO[C@@]1(C)O[C@@H]2[C@@H](O)[C@@H](O[C@H]3[C@@H]4OC5(CCCCC5)O[C@H]4[C@H](NC(=O)OCc4ccccc4)C[C@@H]3NC(=O)OCc3ccccc3)O[C@H](CN=[N+]=[N-])[C@H]2O[C@]1(C)OC. The molecular weight excluding hydrogens is 758 g/mol. The first-order chi connectivity index (χ1) is 28.0. The third kappa shape index (κ3) is 8.91. The van der Waals surface area contributed by atoms with Crippen LogP contribution in [0.1, 0.15) is 63.5 Å². The van der Waals surface area contributed by atoms with Gasteiger partial charge in [-0.2, -0.15) is 0 Å². The molecule has 18 heteroatoms. The number of benzene rings is 2. The van der Waals surface area contributed by atoms with Gasteiger partial charge >= 0.3 is 12.2 Å². The van der Waals surface area contributed by atoms with E-state index in [1.165, 1.54) is 14.2 Å². The van der Waals surface area contributed by atoms with Crippen LogP contribution in [0.2, 0.25) is 0 Å². The summed E-state index contributed by atoms with van der Waals surface area (Å²) in [6.45, 7) is 3.08. The average molecular weight is 812 g/mol. The maximum atomic E-state index is 13.6. The number of amides is 2. The quantitative estimate of drug-likeness (QED) is 0.150. The molecule has 2 aliphatic carbocycles. The van der Waals surface area contributed by atoms with Crippen LogP contribution in [0.5, 0.6) is 0 Å². The number of rotatable bonds is 12. The van der Waals surface area contributed by atoms with Crippen molar-refractivity contribution in [1.29, 1.82) is 0 Å². The molecule has 58 heavy (non-hydrogen) atoms. The van der Waals surface area contributed by atoms with Gasteiger partial charge in [-0.15, -0.1) is 0 Å². The molecule has 5 fully saturated rings. The Morgan fingerprint density at radius 1 is 0.793 bits per heavy atom. The molecule has 0 bridgehead atoms. The van der Waals surface area contributed by atoms with Crippen molar-refractivity contribution in [3.63, 3.8) is 0 Å². The predicted octanol–water partition coefficient (Wildman–Crippen LogP) is 4.72. The lowest BCUT2D eigenvalue weighted by molar-refractivity contribution is -0.479. The van der Waals surface area contributed by atoms with Gasteiger partial charge in [0.25, 0.3) is 0 Å². The van der Waals surface area contributed by atoms with E-state index in [0.29, 0.717) is 12.8 Å². The lowest BCUT2D eigenvalue weighted by Gasteiger charge is -2.57. The zero-order valence-corrected chi connectivity index (χ0v) is 33.1. The number of carbonyl (C=O) groups excluding carboxylic acids is 2. The van der Waals surface area contributed by atoms with E-state index in [1.807, 2.05) is 60.7 Å². The van der Waals surface area contributed by atoms with Crippen LogP contribution in [0.3, 0.4) is 0 Å². The molecule has 2 aromatic carbocycles. The predicted molar refractivity (Wildman–Crippen MR) is 201 cm³/mol. The van der Waals surface area contributed by atoms with Crippen molar-refractivity contribution < 1.29 is 62.1 Å². The van der Waals surface area contributed by atoms with Gasteiger partial charge in [0.2, 0.25) is 11.6 Å². The summed E-state index contributed by atoms with van der Waals surface area (Å²) in [6, 6.07) is 16.9. The zero-order valence-electron chi connectivity index (χ0n) is 33.1. The Bertz CT molecular complexity index is 1750. The summed E-state index contributed by atoms with van der Waals surface area (Å²) in [7, 11) is 2.86. The first kappa shape index (κ1) is 42.1. The van der Waals surface area contributed by atoms with E-state index in [2.05, 4.69) is 20.7 Å². The molecule has 7 rings (SSSR count). The van der Waals surface area contributed by atoms with E-state index in [1.54, 1.807) is 13.8 Å². The molecule has 1 spiro atoms. The number of alkyl carbamates (subject to hydrolysis) is 2. The molecule has 0 unspecified atom stereocenters. The highest BCUT2D eigenvalue weighted by molar-refractivity contribution is 5.69. The van der Waals surface area contributed by atoms with Crippen molar-refractivity contribution in [1.82, 2.24) is 10.6 Å². The van der Waals surface area contributed by atoms with Gasteiger partial charge in [0.1, 0.15) is 49.8 Å². The Balaban J connectivity index is 1.18. The van der Waals surface area contributed by atoms with Crippen molar-refractivity contribution in [2.45, 2.75) is 144 Å². The molecule has 3 saturated heterocycles. The van der Waals surface area contributed by atoms with Gasteiger partial charge in [0, 0.05) is 32.0 Å². The van der Waals surface area contributed by atoms with Gasteiger partial charge in [-0.3, -0.25) is 0 Å². The number of aliphatic hydroxyl groups is 1. The lowest BCUT2D eigenvalue weighted by Crippen LogP contribution is -2.73. The third-order valence-electron chi connectivity index (χ3n) is 11.9. The van der Waals surface area contributed by atoms with Gasteiger partial charge in [-0.05, 0) is 49.8 Å². The highest BCUT2D eigenvalue weighted by Gasteiger charge is 2.64. The standard InChI is InChI=1S/C40H53N5O13/c1-38(49-3)39(2,50-4)56-33-29(46)35(53-28(21-42-45-41)32(33)55-38)54-30-26(43-36(47)51-22-24-14-8-5-9-15-24)20-27(44-37(48)52-23-25-16-10-6-11-17-25)31-34(30)58-40(57-31)18-12-7-13-19-40/h5-6,8-11,14-17,26-35,46H,7,12-13,18-23H2,1-4H3,(H,43,47)(H,44,48)/t26-,27+,28+,29+,30+,31-,32+,33+,34-,35+,38-,39-/m0/s1. The molecule has 2 saturated carbocycles. The summed E-state index contributed by atoms with van der Waals surface area (Å²) < 4.78 is 62.1. The Labute approximate surface area is 336 Å². The first-order valence-electron chi connectivity index (χ1n) is 19.7. The number of carbonyl (C=O) groups is 2. The highest BCUT2D eigenvalue weighted by Crippen LogP contribution is 2.48. The maximum absolute atomic E-state index is 13.6. The third-order valence-corrected chi connectivity index (χ3v) is 11.9. The second kappa shape index (κ2) is 18.0. The van der Waals surface area contributed by atoms with Crippen molar-refractivity contribution in [3.8, 4) is 0 Å². The van der Waals surface area contributed by atoms with E-state index < -0.39 is 90.6 Å². The zero-order chi connectivity index (χ0) is 40.9. The van der Waals surface area contributed by atoms with Crippen LogP contribution in [-0.4, -0.2) is 117 Å². The summed E-state index contributed by atoms with van der Waals surface area (Å²) in [5, 5.41) is 21.6. The Kier molecular flexibility index (Phi) is 13.1. The monoisotopic (exact) mass is 811 g/mol. The summed E-state index contributed by atoms with van der Waals surface area (Å²) in [5.74, 6) is -3.92. The summed E-state index contributed by atoms with van der Waals surface area (Å²) >= 11 is 0. The molecule has 2 aromatic rings. The number of nitrogens with zero attached hydrogens (tertiary/aromatic N) is 3. The van der Waals surface area contributed by atoms with Gasteiger partial charge in [-0.1, -0.05) is 72.2 Å². The summed E-state index contributed by atoms with van der Waals surface area (Å²) in [6.07, 6.45) is -6.08. The minimum atomic E-state index is -1.50. The number of hydrogen-bond acceptors (Lipinski definition) is 14. The maximum Gasteiger partial charge on any atom is 0.407 e. The average Bonchev–Trinajstić information content (AvgIpc) is 3.61. The minimum absolute atomic E-state index is 0.00219. The molecule has 3 N–H and O–H groups in total. The molecule has 2 amide bonds.